The molecular weight excluding hydrogens is 561 g/mol. The monoisotopic (exact) mass is 582 g/mol. The molecular formula is C39H22N2O2S. The Labute approximate surface area is 255 Å². The normalized spacial score (nSPS) is 12.1. The van der Waals surface area contributed by atoms with Crippen molar-refractivity contribution in [3.05, 3.63) is 134 Å². The maximum atomic E-state index is 6.34. The van der Waals surface area contributed by atoms with Crippen LogP contribution in [0.1, 0.15) is 0 Å². The van der Waals surface area contributed by atoms with Gasteiger partial charge >= 0.3 is 0 Å². The molecule has 0 radical (unpaired) electrons. The molecule has 206 valence electrons. The van der Waals surface area contributed by atoms with Gasteiger partial charge in [0, 0.05) is 76.4 Å². The number of para-hydroxylation sites is 3. The Morgan fingerprint density at radius 3 is 1.89 bits per heavy atom. The van der Waals surface area contributed by atoms with Crippen molar-refractivity contribution in [1.82, 2.24) is 4.98 Å². The molecule has 5 heteroatoms. The van der Waals surface area contributed by atoms with Gasteiger partial charge in [-0.3, -0.25) is 4.98 Å². The van der Waals surface area contributed by atoms with Gasteiger partial charge in [0.2, 0.25) is 0 Å². The number of furan rings is 2. The van der Waals surface area contributed by atoms with E-state index in [2.05, 4.69) is 102 Å². The molecule has 0 aliphatic carbocycles. The van der Waals surface area contributed by atoms with E-state index < -0.39 is 0 Å². The van der Waals surface area contributed by atoms with Crippen LogP contribution in [-0.2, 0) is 0 Å². The fraction of sp³-hybridized carbons (Fsp3) is 0. The van der Waals surface area contributed by atoms with Crippen LogP contribution in [0.4, 0.5) is 17.1 Å². The highest BCUT2D eigenvalue weighted by Gasteiger charge is 2.19. The van der Waals surface area contributed by atoms with Crippen LogP contribution in [0.5, 0.6) is 0 Å². The fourth-order valence-electron chi connectivity index (χ4n) is 6.64. The van der Waals surface area contributed by atoms with E-state index in [0.717, 1.165) is 66.5 Å². The number of fused-ring (bicyclic) bond motifs is 11. The van der Waals surface area contributed by atoms with Crippen molar-refractivity contribution in [3.63, 3.8) is 0 Å². The average Bonchev–Trinajstić information content (AvgIpc) is 3.75. The molecule has 4 heterocycles. The number of thiophene rings is 1. The summed E-state index contributed by atoms with van der Waals surface area (Å²) in [5.74, 6) is 0. The average molecular weight is 583 g/mol. The Morgan fingerprint density at radius 2 is 1.05 bits per heavy atom. The second-order valence-electron chi connectivity index (χ2n) is 11.2. The SMILES string of the molecule is c1ccc2c(c1)ncc1c3cc(N(c4ccc5c(c4)oc4ccccc45)c4ccc5oc6ccccc6c5c4)ccc3sc21. The van der Waals surface area contributed by atoms with Gasteiger partial charge in [-0.1, -0.05) is 54.6 Å². The van der Waals surface area contributed by atoms with Crippen LogP contribution >= 0.6 is 11.3 Å². The number of nitrogens with zero attached hydrogens (tertiary/aromatic N) is 2. The van der Waals surface area contributed by atoms with Gasteiger partial charge in [-0.05, 0) is 66.7 Å². The highest BCUT2D eigenvalue weighted by atomic mass is 32.1. The Kier molecular flexibility index (Phi) is 4.84. The van der Waals surface area contributed by atoms with Gasteiger partial charge in [0.15, 0.2) is 0 Å². The molecule has 0 unspecified atom stereocenters. The topological polar surface area (TPSA) is 42.4 Å². The van der Waals surface area contributed by atoms with Crippen molar-refractivity contribution in [2.45, 2.75) is 0 Å². The first-order valence-electron chi connectivity index (χ1n) is 14.6. The molecule has 0 fully saturated rings. The van der Waals surface area contributed by atoms with E-state index in [1.165, 1.54) is 25.6 Å². The Hall–Kier alpha value is -5.65. The predicted molar refractivity (Wildman–Crippen MR) is 184 cm³/mol. The van der Waals surface area contributed by atoms with Crippen molar-refractivity contribution >= 4 is 103 Å². The third kappa shape index (κ3) is 3.41. The molecule has 0 N–H and O–H groups in total. The number of hydrogen-bond donors (Lipinski definition) is 0. The number of rotatable bonds is 3. The molecule has 10 aromatic rings. The van der Waals surface area contributed by atoms with Crippen LogP contribution in [0.25, 0.3) is 75.0 Å². The molecule has 6 aromatic carbocycles. The Bertz CT molecular complexity index is 2750. The largest absolute Gasteiger partial charge is 0.456 e. The maximum absolute atomic E-state index is 6.34. The van der Waals surface area contributed by atoms with Crippen LogP contribution in [0.2, 0.25) is 0 Å². The zero-order valence-corrected chi connectivity index (χ0v) is 24.1. The minimum absolute atomic E-state index is 0.862. The molecule has 0 aliphatic rings. The number of aromatic nitrogens is 1. The molecule has 0 spiro atoms. The lowest BCUT2D eigenvalue weighted by Gasteiger charge is -2.25. The van der Waals surface area contributed by atoms with Crippen LogP contribution in [-0.4, -0.2) is 4.98 Å². The fourth-order valence-corrected chi connectivity index (χ4v) is 7.83. The van der Waals surface area contributed by atoms with Gasteiger partial charge in [-0.25, -0.2) is 0 Å². The summed E-state index contributed by atoms with van der Waals surface area (Å²) in [5.41, 5.74) is 7.67. The first kappa shape index (κ1) is 23.9. The quantitative estimate of drug-likeness (QED) is 0.208. The summed E-state index contributed by atoms with van der Waals surface area (Å²) in [6.45, 7) is 0. The summed E-state index contributed by atoms with van der Waals surface area (Å²) in [5, 5.41) is 7.99. The molecule has 0 saturated carbocycles. The van der Waals surface area contributed by atoms with E-state index in [1.807, 2.05) is 47.9 Å². The van der Waals surface area contributed by atoms with E-state index in [-0.39, 0.29) is 0 Å². The number of pyridine rings is 1. The highest BCUT2D eigenvalue weighted by Crippen LogP contribution is 2.44. The van der Waals surface area contributed by atoms with E-state index >= 15 is 0 Å². The van der Waals surface area contributed by atoms with Gasteiger partial charge < -0.3 is 13.7 Å². The minimum atomic E-state index is 0.862. The van der Waals surface area contributed by atoms with Crippen LogP contribution in [0.3, 0.4) is 0 Å². The van der Waals surface area contributed by atoms with Gasteiger partial charge in [-0.15, -0.1) is 11.3 Å². The number of benzene rings is 6. The second-order valence-corrected chi connectivity index (χ2v) is 12.2. The van der Waals surface area contributed by atoms with Crippen molar-refractivity contribution in [1.29, 1.82) is 0 Å². The zero-order valence-electron chi connectivity index (χ0n) is 23.3. The van der Waals surface area contributed by atoms with Crippen LogP contribution < -0.4 is 4.90 Å². The van der Waals surface area contributed by atoms with Crippen molar-refractivity contribution in [2.75, 3.05) is 4.90 Å². The third-order valence-corrected chi connectivity index (χ3v) is 9.91. The van der Waals surface area contributed by atoms with E-state index in [4.69, 9.17) is 13.8 Å². The summed E-state index contributed by atoms with van der Waals surface area (Å²) >= 11 is 1.83. The summed E-state index contributed by atoms with van der Waals surface area (Å²) in [6.07, 6.45) is 2.02. The first-order chi connectivity index (χ1) is 21.8. The molecule has 10 rings (SSSR count). The van der Waals surface area contributed by atoms with Gasteiger partial charge in [0.25, 0.3) is 0 Å². The smallest absolute Gasteiger partial charge is 0.137 e. The number of hydrogen-bond acceptors (Lipinski definition) is 5. The van der Waals surface area contributed by atoms with E-state index in [9.17, 15) is 0 Å². The molecule has 44 heavy (non-hydrogen) atoms. The van der Waals surface area contributed by atoms with Crippen molar-refractivity contribution in [3.8, 4) is 0 Å². The second kappa shape index (κ2) is 8.93. The molecule has 0 aliphatic heterocycles. The lowest BCUT2D eigenvalue weighted by Crippen LogP contribution is -2.09. The summed E-state index contributed by atoms with van der Waals surface area (Å²) in [6, 6.07) is 44.5. The predicted octanol–water partition coefficient (Wildman–Crippen LogP) is 11.9. The highest BCUT2D eigenvalue weighted by molar-refractivity contribution is 7.26. The van der Waals surface area contributed by atoms with E-state index in [0.29, 0.717) is 0 Å². The lowest BCUT2D eigenvalue weighted by molar-refractivity contribution is 0.668. The van der Waals surface area contributed by atoms with Crippen molar-refractivity contribution < 1.29 is 8.83 Å². The van der Waals surface area contributed by atoms with Gasteiger partial charge in [0.05, 0.1) is 5.52 Å². The molecule has 0 saturated heterocycles. The summed E-state index contributed by atoms with van der Waals surface area (Å²) in [4.78, 5) is 7.12. The molecule has 0 atom stereocenters. The molecule has 4 nitrogen and oxygen atoms in total. The van der Waals surface area contributed by atoms with Crippen molar-refractivity contribution in [2.24, 2.45) is 0 Å². The van der Waals surface area contributed by atoms with Gasteiger partial charge in [0.1, 0.15) is 22.3 Å². The van der Waals surface area contributed by atoms with E-state index in [1.54, 1.807) is 0 Å². The minimum Gasteiger partial charge on any atom is -0.456 e. The zero-order chi connectivity index (χ0) is 28.8. The lowest BCUT2D eigenvalue weighted by atomic mass is 10.1. The summed E-state index contributed by atoms with van der Waals surface area (Å²) in [7, 11) is 0. The van der Waals surface area contributed by atoms with Crippen LogP contribution in [0, 0.1) is 0 Å². The van der Waals surface area contributed by atoms with Crippen LogP contribution in [0.15, 0.2) is 142 Å². The van der Waals surface area contributed by atoms with Gasteiger partial charge in [-0.2, -0.15) is 0 Å². The maximum Gasteiger partial charge on any atom is 0.137 e. The summed E-state index contributed by atoms with van der Waals surface area (Å²) < 4.78 is 15.0. The molecule has 0 amide bonds. The Morgan fingerprint density at radius 1 is 0.455 bits per heavy atom. The number of anilines is 3. The molecule has 4 aromatic heterocycles. The first-order valence-corrected chi connectivity index (χ1v) is 15.4. The Balaban J connectivity index is 1.23. The molecule has 0 bridgehead atoms. The third-order valence-electron chi connectivity index (χ3n) is 8.69. The standard InChI is InChI=1S/C39H22N2O2S/c1-4-10-33-29(9-1)39-32(22-40-33)31-20-24(15-18-38(31)44-39)41(23-14-17-36-30(19-23)27-8-3-6-12-35(27)42-36)25-13-16-28-26-7-2-5-11-34(26)43-37(28)21-25/h1-22H.